The lowest BCUT2D eigenvalue weighted by Gasteiger charge is -2.21. The van der Waals surface area contributed by atoms with E-state index in [1.807, 2.05) is 47.9 Å². The zero-order valence-corrected chi connectivity index (χ0v) is 28.3. The van der Waals surface area contributed by atoms with E-state index in [4.69, 9.17) is 14.5 Å². The molecule has 12 nitrogen and oxygen atoms in total. The first-order valence-electron chi connectivity index (χ1n) is 15.8. The molecule has 0 radical (unpaired) electrons. The summed E-state index contributed by atoms with van der Waals surface area (Å²) in [5, 5.41) is 4.04. The number of ether oxygens (including phenoxy) is 2. The Hall–Kier alpha value is -5.39. The molecule has 5 aromatic rings. The number of aromatic nitrogens is 5. The van der Waals surface area contributed by atoms with E-state index in [0.717, 1.165) is 40.8 Å². The quantitative estimate of drug-likeness (QED) is 0.188. The summed E-state index contributed by atoms with van der Waals surface area (Å²) in [6, 6.07) is 15.5. The minimum atomic E-state index is -0.809. The van der Waals surface area contributed by atoms with Gasteiger partial charge in [0, 0.05) is 49.6 Å². The number of hydrogen-bond donors (Lipinski definition) is 2. The van der Waals surface area contributed by atoms with Crippen LogP contribution >= 0.6 is 0 Å². The highest BCUT2D eigenvalue weighted by molar-refractivity contribution is 6.08. The third kappa shape index (κ3) is 8.69. The Labute approximate surface area is 280 Å². The van der Waals surface area contributed by atoms with Gasteiger partial charge in [-0.15, -0.1) is 0 Å². The maximum atomic E-state index is 13.3. The molecule has 1 aliphatic rings. The van der Waals surface area contributed by atoms with E-state index in [2.05, 4.69) is 31.8 Å². The molecule has 252 valence electrons. The van der Waals surface area contributed by atoms with Gasteiger partial charge in [-0.25, -0.2) is 24.9 Å². The lowest BCUT2D eigenvalue weighted by Crippen LogP contribution is -2.39. The number of H-pyrrole nitrogens is 1. The Morgan fingerprint density at radius 3 is 2.31 bits per heavy atom. The molecule has 1 aromatic carbocycles. The molecule has 0 aliphatic carbocycles. The number of pyridine rings is 3. The van der Waals surface area contributed by atoms with Crippen LogP contribution in [-0.4, -0.2) is 67.2 Å². The molecule has 0 spiro atoms. The van der Waals surface area contributed by atoms with Gasteiger partial charge in [0.05, 0.1) is 11.2 Å². The molecule has 1 atom stereocenters. The van der Waals surface area contributed by atoms with E-state index >= 15 is 0 Å². The molecule has 5 heterocycles. The number of benzene rings is 1. The number of anilines is 1. The number of carbonyl (C=O) groups is 3. The summed E-state index contributed by atoms with van der Waals surface area (Å²) in [5.41, 5.74) is 2.15. The molecule has 2 N–H and O–H groups in total. The first kappa shape index (κ1) is 34.0. The zero-order chi connectivity index (χ0) is 34.6. The van der Waals surface area contributed by atoms with Crippen molar-refractivity contribution in [2.24, 2.45) is 5.92 Å². The maximum absolute atomic E-state index is 13.3. The van der Waals surface area contributed by atoms with E-state index in [-0.39, 0.29) is 13.0 Å². The van der Waals surface area contributed by atoms with Crippen molar-refractivity contribution in [3.05, 3.63) is 78.5 Å². The van der Waals surface area contributed by atoms with E-state index in [1.54, 1.807) is 66.1 Å². The van der Waals surface area contributed by atoms with Gasteiger partial charge in [0.1, 0.15) is 17.0 Å². The van der Waals surface area contributed by atoms with Gasteiger partial charge in [-0.3, -0.25) is 14.8 Å². The monoisotopic (exact) mass is 653 g/mol. The van der Waals surface area contributed by atoms with Crippen molar-refractivity contribution < 1.29 is 25.3 Å². The molecule has 4 aromatic heterocycles. The van der Waals surface area contributed by atoms with Crippen LogP contribution in [0.3, 0.4) is 0 Å². The standard InChI is InChI=1S/C26H22N6O.C10H19NO4.H2/c1-16-9-11-32(15-16)23-7-6-21-25(30-23)31-26(29-21)24(33)17-8-10-28-22(12-17)20-14-27-13-18-4-2-3-5-19(18)20;1-9(2,3)14-7(12)11-8(13)15-10(4,5)6;/h2-8,10,12-14,16H,9,11,15H2,1H3,(H,29,30,31);1-6H3,(H,11,12,13);1H. The Kier molecular flexibility index (Phi) is 9.74. The van der Waals surface area contributed by atoms with Gasteiger partial charge in [0.15, 0.2) is 11.5 Å². The van der Waals surface area contributed by atoms with Crippen molar-refractivity contribution in [1.29, 1.82) is 0 Å². The molecular formula is C36H43N7O5. The van der Waals surface area contributed by atoms with Crippen molar-refractivity contribution in [3.63, 3.8) is 0 Å². The van der Waals surface area contributed by atoms with E-state index in [1.165, 1.54) is 6.42 Å². The Morgan fingerprint density at radius 1 is 0.938 bits per heavy atom. The first-order chi connectivity index (χ1) is 22.6. The third-order valence-corrected chi connectivity index (χ3v) is 7.26. The molecule has 48 heavy (non-hydrogen) atoms. The van der Waals surface area contributed by atoms with Crippen molar-refractivity contribution in [2.75, 3.05) is 18.0 Å². The number of carbonyl (C=O) groups excluding carboxylic acids is 3. The van der Waals surface area contributed by atoms with Crippen LogP contribution in [0.4, 0.5) is 15.4 Å². The average molecular weight is 654 g/mol. The summed E-state index contributed by atoms with van der Waals surface area (Å²) in [4.78, 5) is 59.0. The fourth-order valence-electron chi connectivity index (χ4n) is 5.18. The van der Waals surface area contributed by atoms with Gasteiger partial charge < -0.3 is 19.4 Å². The second-order valence-corrected chi connectivity index (χ2v) is 13.8. The van der Waals surface area contributed by atoms with Crippen LogP contribution in [0.5, 0.6) is 0 Å². The van der Waals surface area contributed by atoms with Crippen LogP contribution in [0, 0.1) is 5.92 Å². The van der Waals surface area contributed by atoms with Gasteiger partial charge in [0.2, 0.25) is 5.78 Å². The minimum absolute atomic E-state index is 0. The highest BCUT2D eigenvalue weighted by Crippen LogP contribution is 2.28. The molecule has 12 heteroatoms. The number of hydrogen-bond acceptors (Lipinski definition) is 10. The molecule has 6 rings (SSSR count). The molecule has 0 saturated carbocycles. The molecule has 0 bridgehead atoms. The number of ketones is 1. The number of imide groups is 1. The predicted octanol–water partition coefficient (Wildman–Crippen LogP) is 7.34. The molecular weight excluding hydrogens is 610 g/mol. The molecule has 1 fully saturated rings. The van der Waals surface area contributed by atoms with Gasteiger partial charge in [-0.05, 0) is 83.5 Å². The SMILES string of the molecule is CC(C)(C)OC(=O)NC(=O)OC(C)(C)C.CC1CCN(c2ccc3[nH]c(C(=O)c4ccnc(-c5cncc6ccccc56)c4)nc3n2)C1.[HH]. The number of nitrogens with zero attached hydrogens (tertiary/aromatic N) is 5. The van der Waals surface area contributed by atoms with E-state index in [0.29, 0.717) is 22.8 Å². The number of aromatic amines is 1. The summed E-state index contributed by atoms with van der Waals surface area (Å²) >= 11 is 0. The Balaban J connectivity index is 0.000000290. The summed E-state index contributed by atoms with van der Waals surface area (Å²) in [6.45, 7) is 14.5. The number of nitrogens with one attached hydrogen (secondary N) is 2. The summed E-state index contributed by atoms with van der Waals surface area (Å²) in [5.74, 6) is 1.66. The zero-order valence-electron chi connectivity index (χ0n) is 28.3. The summed E-state index contributed by atoms with van der Waals surface area (Å²) in [7, 11) is 0. The number of alkyl carbamates (subject to hydrolysis) is 2. The van der Waals surface area contributed by atoms with Crippen molar-refractivity contribution >= 4 is 45.7 Å². The Bertz CT molecular complexity index is 1930. The summed E-state index contributed by atoms with van der Waals surface area (Å²) < 4.78 is 9.74. The number of imidazole rings is 1. The number of amides is 2. The highest BCUT2D eigenvalue weighted by Gasteiger charge is 2.23. The maximum Gasteiger partial charge on any atom is 0.417 e. The van der Waals surface area contributed by atoms with E-state index in [9.17, 15) is 14.4 Å². The van der Waals surface area contributed by atoms with Crippen molar-refractivity contribution in [3.8, 4) is 11.3 Å². The number of fused-ring (bicyclic) bond motifs is 2. The fourth-order valence-corrected chi connectivity index (χ4v) is 5.18. The van der Waals surface area contributed by atoms with Crippen molar-refractivity contribution in [1.82, 2.24) is 30.2 Å². The van der Waals surface area contributed by atoms with Crippen molar-refractivity contribution in [2.45, 2.75) is 66.1 Å². The van der Waals surface area contributed by atoms with Crippen LogP contribution in [0.1, 0.15) is 72.5 Å². The lowest BCUT2D eigenvalue weighted by atomic mass is 10.0. The van der Waals surface area contributed by atoms with Gasteiger partial charge in [0.25, 0.3) is 0 Å². The third-order valence-electron chi connectivity index (χ3n) is 7.26. The van der Waals surface area contributed by atoms with Gasteiger partial charge in [-0.2, -0.15) is 0 Å². The first-order valence-corrected chi connectivity index (χ1v) is 15.8. The molecule has 2 amide bonds. The Morgan fingerprint density at radius 2 is 1.65 bits per heavy atom. The van der Waals surface area contributed by atoms with Crippen LogP contribution in [0.25, 0.3) is 33.2 Å². The topological polar surface area (TPSA) is 152 Å². The van der Waals surface area contributed by atoms with Gasteiger partial charge >= 0.3 is 12.2 Å². The summed E-state index contributed by atoms with van der Waals surface area (Å²) in [6.07, 6.45) is 4.81. The second-order valence-electron chi connectivity index (χ2n) is 13.8. The van der Waals surface area contributed by atoms with E-state index < -0.39 is 23.4 Å². The molecule has 1 unspecified atom stereocenters. The molecule has 1 aliphatic heterocycles. The largest absolute Gasteiger partial charge is 0.443 e. The normalized spacial score (nSPS) is 14.7. The van der Waals surface area contributed by atoms with Crippen LogP contribution in [0.15, 0.2) is 67.1 Å². The predicted molar refractivity (Wildman–Crippen MR) is 186 cm³/mol. The van der Waals surface area contributed by atoms with Gasteiger partial charge in [-0.1, -0.05) is 31.2 Å². The highest BCUT2D eigenvalue weighted by atomic mass is 16.6. The second kappa shape index (κ2) is 13.8. The smallest absolute Gasteiger partial charge is 0.417 e. The number of rotatable bonds is 4. The fraction of sp³-hybridized carbons (Fsp3) is 0.361. The lowest BCUT2D eigenvalue weighted by molar-refractivity contribution is 0.0353. The minimum Gasteiger partial charge on any atom is -0.443 e. The van der Waals surface area contributed by atoms with Crippen LogP contribution < -0.4 is 10.2 Å². The van der Waals surface area contributed by atoms with Crippen LogP contribution in [0.2, 0.25) is 0 Å². The average Bonchev–Trinajstić information content (AvgIpc) is 3.64. The van der Waals surface area contributed by atoms with Crippen LogP contribution in [-0.2, 0) is 9.47 Å². The molecule has 1 saturated heterocycles.